The minimum Gasteiger partial charge on any atom is -0.496 e. The predicted molar refractivity (Wildman–Crippen MR) is 165 cm³/mol. The summed E-state index contributed by atoms with van der Waals surface area (Å²) >= 11 is 12.4. The maximum absolute atomic E-state index is 13.8. The van der Waals surface area contributed by atoms with Gasteiger partial charge in [-0.15, -0.1) is 0 Å². The van der Waals surface area contributed by atoms with Gasteiger partial charge in [0.1, 0.15) is 5.75 Å². The van der Waals surface area contributed by atoms with Crippen molar-refractivity contribution in [3.05, 3.63) is 82.3 Å². The number of benzene rings is 3. The topological polar surface area (TPSA) is 102 Å². The maximum Gasteiger partial charge on any atom is 0.243 e. The molecule has 1 amide bonds. The summed E-state index contributed by atoms with van der Waals surface area (Å²) in [5.74, 6) is 1.18. The summed E-state index contributed by atoms with van der Waals surface area (Å²) in [7, 11) is -2.42. The number of nitrogens with two attached hydrogens (primary N) is 1. The molecular weight excluding hydrogens is 581 g/mol. The van der Waals surface area contributed by atoms with E-state index in [1.54, 1.807) is 49.6 Å². The van der Waals surface area contributed by atoms with Crippen LogP contribution in [0.2, 0.25) is 10.0 Å². The van der Waals surface area contributed by atoms with E-state index in [9.17, 15) is 13.2 Å². The number of carbonyl (C=O) groups is 1. The summed E-state index contributed by atoms with van der Waals surface area (Å²) in [5.41, 5.74) is 8.23. The highest BCUT2D eigenvalue weighted by molar-refractivity contribution is 7.89. The van der Waals surface area contributed by atoms with Crippen molar-refractivity contribution in [3.8, 4) is 16.9 Å². The number of nitrogens with zero attached hydrogens (tertiary/aromatic N) is 1. The Bertz CT molecular complexity index is 1430. The zero-order chi connectivity index (χ0) is 29.4. The second-order valence-electron chi connectivity index (χ2n) is 10.5. The van der Waals surface area contributed by atoms with Crippen molar-refractivity contribution in [1.29, 1.82) is 0 Å². The molecule has 4 rings (SSSR count). The molecule has 2 atom stereocenters. The van der Waals surface area contributed by atoms with Crippen LogP contribution in [-0.2, 0) is 21.2 Å². The van der Waals surface area contributed by atoms with E-state index in [-0.39, 0.29) is 23.9 Å². The van der Waals surface area contributed by atoms with Crippen LogP contribution in [0, 0.1) is 11.8 Å². The number of rotatable bonds is 12. The van der Waals surface area contributed by atoms with Gasteiger partial charge in [0.2, 0.25) is 15.9 Å². The van der Waals surface area contributed by atoms with E-state index < -0.39 is 10.0 Å². The minimum atomic E-state index is -4.00. The highest BCUT2D eigenvalue weighted by Gasteiger charge is 2.28. The minimum absolute atomic E-state index is 0.0947. The summed E-state index contributed by atoms with van der Waals surface area (Å²) in [6.07, 6.45) is 4.63. The number of ether oxygens (including phenoxy) is 1. The van der Waals surface area contributed by atoms with E-state index in [1.165, 1.54) is 4.31 Å². The summed E-state index contributed by atoms with van der Waals surface area (Å²) in [4.78, 5) is 13.2. The van der Waals surface area contributed by atoms with Gasteiger partial charge >= 0.3 is 0 Å². The average molecular weight is 619 g/mol. The van der Waals surface area contributed by atoms with Gasteiger partial charge in [0.15, 0.2) is 0 Å². The summed E-state index contributed by atoms with van der Waals surface area (Å²) in [6.45, 7) is 1.00. The fraction of sp³-hybridized carbons (Fsp3) is 0.387. The van der Waals surface area contributed by atoms with Crippen LogP contribution in [-0.4, -0.2) is 51.9 Å². The smallest absolute Gasteiger partial charge is 0.243 e. The van der Waals surface area contributed by atoms with Crippen LogP contribution < -0.4 is 15.8 Å². The molecular formula is C31H37Cl2N3O4S. The van der Waals surface area contributed by atoms with E-state index in [0.717, 1.165) is 42.4 Å². The van der Waals surface area contributed by atoms with Crippen LogP contribution in [0.3, 0.4) is 0 Å². The number of hydrogen-bond donors (Lipinski definition) is 2. The van der Waals surface area contributed by atoms with E-state index in [1.807, 2.05) is 24.3 Å². The number of sulfonamides is 1. The number of nitrogens with one attached hydrogen (secondary N) is 1. The monoisotopic (exact) mass is 617 g/mol. The van der Waals surface area contributed by atoms with E-state index in [2.05, 4.69) is 5.32 Å². The third-order valence-corrected chi connectivity index (χ3v) is 10.1. The molecule has 3 aromatic rings. The Hall–Kier alpha value is -2.62. The number of carbonyl (C=O) groups excluding carboxylic acids is 1. The van der Waals surface area contributed by atoms with Crippen molar-refractivity contribution in [2.75, 3.05) is 33.3 Å². The normalized spacial score (nSPS) is 17.4. The second kappa shape index (κ2) is 14.5. The Morgan fingerprint density at radius 2 is 1.78 bits per heavy atom. The largest absolute Gasteiger partial charge is 0.496 e. The Kier molecular flexibility index (Phi) is 11.1. The number of methoxy groups -OCH3 is 1. The molecule has 0 saturated heterocycles. The lowest BCUT2D eigenvalue weighted by Crippen LogP contribution is -2.43. The lowest BCUT2D eigenvalue weighted by molar-refractivity contribution is -0.121. The first-order valence-electron chi connectivity index (χ1n) is 13.9. The zero-order valence-electron chi connectivity index (χ0n) is 23.2. The fourth-order valence-electron chi connectivity index (χ4n) is 5.39. The highest BCUT2D eigenvalue weighted by Crippen LogP contribution is 2.32. The van der Waals surface area contributed by atoms with Gasteiger partial charge in [-0.2, -0.15) is 4.31 Å². The first kappa shape index (κ1) is 31.3. The SMILES string of the molecule is COc1ccccc1CCN(CC(=O)NCC1CCCC(CN)C1)S(=O)(=O)c1ccc(-c2ccc(Cl)cc2Cl)cc1. The molecule has 2 unspecified atom stereocenters. The molecule has 10 heteroatoms. The summed E-state index contributed by atoms with van der Waals surface area (Å²) in [6, 6.07) is 19.1. The van der Waals surface area contributed by atoms with Crippen LogP contribution in [0.25, 0.3) is 11.1 Å². The van der Waals surface area contributed by atoms with Crippen LogP contribution in [0.1, 0.15) is 31.2 Å². The van der Waals surface area contributed by atoms with Crippen molar-refractivity contribution in [2.24, 2.45) is 17.6 Å². The number of hydrogen-bond acceptors (Lipinski definition) is 5. The second-order valence-corrected chi connectivity index (χ2v) is 13.3. The van der Waals surface area contributed by atoms with Gasteiger partial charge in [-0.1, -0.05) is 66.0 Å². The molecule has 7 nitrogen and oxygen atoms in total. The van der Waals surface area contributed by atoms with Gasteiger partial charge in [-0.05, 0) is 85.5 Å². The van der Waals surface area contributed by atoms with Crippen LogP contribution in [0.5, 0.6) is 5.75 Å². The quantitative estimate of drug-likeness (QED) is 0.268. The molecule has 3 N–H and O–H groups in total. The van der Waals surface area contributed by atoms with Crippen molar-refractivity contribution in [3.63, 3.8) is 0 Å². The van der Waals surface area contributed by atoms with Gasteiger partial charge in [-0.25, -0.2) is 8.42 Å². The first-order valence-corrected chi connectivity index (χ1v) is 16.0. The van der Waals surface area contributed by atoms with Gasteiger partial charge in [-0.3, -0.25) is 4.79 Å². The van der Waals surface area contributed by atoms with E-state index in [4.69, 9.17) is 33.7 Å². The molecule has 0 aromatic heterocycles. The molecule has 0 aliphatic heterocycles. The van der Waals surface area contributed by atoms with Gasteiger partial charge in [0, 0.05) is 28.7 Å². The Labute approximate surface area is 253 Å². The summed E-state index contributed by atoms with van der Waals surface area (Å²) in [5, 5.41) is 3.97. The zero-order valence-corrected chi connectivity index (χ0v) is 25.5. The molecule has 1 saturated carbocycles. The van der Waals surface area contributed by atoms with Crippen molar-refractivity contribution < 1.29 is 17.9 Å². The molecule has 220 valence electrons. The van der Waals surface area contributed by atoms with Gasteiger partial charge < -0.3 is 15.8 Å². The molecule has 0 bridgehead atoms. The lowest BCUT2D eigenvalue weighted by Gasteiger charge is -2.29. The molecule has 0 heterocycles. The third kappa shape index (κ3) is 8.23. The molecule has 1 fully saturated rings. The van der Waals surface area contributed by atoms with Crippen molar-refractivity contribution in [1.82, 2.24) is 9.62 Å². The average Bonchev–Trinajstić information content (AvgIpc) is 2.98. The molecule has 3 aromatic carbocycles. The fourth-order valence-corrected chi connectivity index (χ4v) is 7.31. The lowest BCUT2D eigenvalue weighted by atomic mass is 9.81. The van der Waals surface area contributed by atoms with Crippen LogP contribution >= 0.6 is 23.2 Å². The van der Waals surface area contributed by atoms with Gasteiger partial charge in [0.05, 0.1) is 18.6 Å². The van der Waals surface area contributed by atoms with Crippen molar-refractivity contribution in [2.45, 2.75) is 37.0 Å². The molecule has 1 aliphatic carbocycles. The van der Waals surface area contributed by atoms with E-state index >= 15 is 0 Å². The standard InChI is InChI=1S/C31H37Cl2N3O4S/c1-40-30-8-3-2-7-25(30)15-16-36(21-31(37)35-20-23-6-4-5-22(17-23)19-34)41(38,39)27-12-9-24(10-13-27)28-14-11-26(32)18-29(28)33/h2-3,7-14,18,22-23H,4-6,15-17,19-21,34H2,1H3,(H,35,37). The molecule has 0 spiro atoms. The van der Waals surface area contributed by atoms with Crippen molar-refractivity contribution >= 4 is 39.1 Å². The molecule has 41 heavy (non-hydrogen) atoms. The first-order chi connectivity index (χ1) is 19.7. The Balaban J connectivity index is 1.52. The molecule has 1 aliphatic rings. The van der Waals surface area contributed by atoms with E-state index in [0.29, 0.717) is 47.1 Å². The van der Waals surface area contributed by atoms with Crippen LogP contribution in [0.4, 0.5) is 0 Å². The maximum atomic E-state index is 13.8. The third-order valence-electron chi connectivity index (χ3n) is 7.69. The molecule has 0 radical (unpaired) electrons. The number of para-hydroxylation sites is 1. The Morgan fingerprint density at radius 3 is 2.49 bits per heavy atom. The summed E-state index contributed by atoms with van der Waals surface area (Å²) < 4.78 is 34.4. The highest BCUT2D eigenvalue weighted by atomic mass is 35.5. The number of halogens is 2. The van der Waals surface area contributed by atoms with Gasteiger partial charge in [0.25, 0.3) is 0 Å². The predicted octanol–water partition coefficient (Wildman–Crippen LogP) is 5.78. The Morgan fingerprint density at radius 1 is 1.05 bits per heavy atom. The van der Waals surface area contributed by atoms with Crippen LogP contribution in [0.15, 0.2) is 71.6 Å². The number of amides is 1.